The molecular formula is C20H16FNO. The van der Waals surface area contributed by atoms with E-state index in [2.05, 4.69) is 5.32 Å². The van der Waals surface area contributed by atoms with Crippen molar-refractivity contribution in [2.45, 2.75) is 18.3 Å². The third-order valence-electron chi connectivity index (χ3n) is 4.59. The molecule has 23 heavy (non-hydrogen) atoms. The second-order valence-electron chi connectivity index (χ2n) is 6.11. The summed E-state index contributed by atoms with van der Waals surface area (Å²) in [6.07, 6.45) is 1.61. The summed E-state index contributed by atoms with van der Waals surface area (Å²) < 4.78 is 13.1. The zero-order valence-corrected chi connectivity index (χ0v) is 12.6. The fourth-order valence-electron chi connectivity index (χ4n) is 3.06. The molecule has 0 spiro atoms. The molecule has 0 aliphatic heterocycles. The Kier molecular flexibility index (Phi) is 3.15. The molecule has 2 nitrogen and oxygen atoms in total. The van der Waals surface area contributed by atoms with E-state index >= 15 is 0 Å². The van der Waals surface area contributed by atoms with Crippen molar-refractivity contribution in [2.75, 3.05) is 5.32 Å². The van der Waals surface area contributed by atoms with Crippen LogP contribution in [0.3, 0.4) is 0 Å². The lowest BCUT2D eigenvalue weighted by molar-refractivity contribution is -0.118. The standard InChI is InChI=1S/C20H16FNO/c21-17-8-6-16(7-9-17)20(11-12-20)19(23)22-18-10-5-14-3-1-2-4-15(14)13-18/h1-10,13H,11-12H2,(H,22,23). The molecule has 0 unspecified atom stereocenters. The average molecular weight is 305 g/mol. The number of halogens is 1. The van der Waals surface area contributed by atoms with Gasteiger partial charge in [0.2, 0.25) is 5.91 Å². The minimum absolute atomic E-state index is 0.0145. The Morgan fingerprint density at radius 2 is 1.61 bits per heavy atom. The number of hydrogen-bond acceptors (Lipinski definition) is 1. The Labute approximate surface area is 134 Å². The molecule has 4 rings (SSSR count). The van der Waals surface area contributed by atoms with Gasteiger partial charge in [-0.1, -0.05) is 42.5 Å². The van der Waals surface area contributed by atoms with E-state index in [1.165, 1.54) is 12.1 Å². The Bertz CT molecular complexity index is 882. The lowest BCUT2D eigenvalue weighted by atomic mass is 9.95. The number of benzene rings is 3. The fraction of sp³-hybridized carbons (Fsp3) is 0.150. The lowest BCUT2D eigenvalue weighted by Crippen LogP contribution is -2.27. The molecule has 3 aromatic carbocycles. The number of fused-ring (bicyclic) bond motifs is 1. The molecule has 3 aromatic rings. The zero-order valence-electron chi connectivity index (χ0n) is 12.6. The van der Waals surface area contributed by atoms with Crippen LogP contribution in [0.2, 0.25) is 0 Å². The highest BCUT2D eigenvalue weighted by molar-refractivity contribution is 6.02. The van der Waals surface area contributed by atoms with Crippen molar-refractivity contribution in [3.8, 4) is 0 Å². The third kappa shape index (κ3) is 2.48. The monoisotopic (exact) mass is 305 g/mol. The van der Waals surface area contributed by atoms with E-state index in [1.807, 2.05) is 42.5 Å². The highest BCUT2D eigenvalue weighted by atomic mass is 19.1. The van der Waals surface area contributed by atoms with E-state index in [1.54, 1.807) is 12.1 Å². The second kappa shape index (κ2) is 5.20. The van der Waals surface area contributed by atoms with Gasteiger partial charge in [-0.15, -0.1) is 0 Å². The fourth-order valence-corrected chi connectivity index (χ4v) is 3.06. The van der Waals surface area contributed by atoms with Gasteiger partial charge in [0.15, 0.2) is 0 Å². The van der Waals surface area contributed by atoms with E-state index in [9.17, 15) is 9.18 Å². The van der Waals surface area contributed by atoms with Crippen molar-refractivity contribution in [3.63, 3.8) is 0 Å². The SMILES string of the molecule is O=C(Nc1ccc2ccccc2c1)C1(c2ccc(F)cc2)CC1. The van der Waals surface area contributed by atoms with Gasteiger partial charge in [0.25, 0.3) is 0 Å². The Morgan fingerprint density at radius 1 is 0.913 bits per heavy atom. The van der Waals surface area contributed by atoms with E-state index < -0.39 is 5.41 Å². The van der Waals surface area contributed by atoms with E-state index in [4.69, 9.17) is 0 Å². The maximum absolute atomic E-state index is 13.1. The van der Waals surface area contributed by atoms with Crippen molar-refractivity contribution in [3.05, 3.63) is 78.1 Å². The van der Waals surface area contributed by atoms with Gasteiger partial charge in [-0.3, -0.25) is 4.79 Å². The third-order valence-corrected chi connectivity index (χ3v) is 4.59. The predicted octanol–water partition coefficient (Wildman–Crippen LogP) is 4.65. The summed E-state index contributed by atoms with van der Waals surface area (Å²) in [4.78, 5) is 12.7. The molecule has 0 saturated heterocycles. The summed E-state index contributed by atoms with van der Waals surface area (Å²) in [5.41, 5.74) is 1.18. The van der Waals surface area contributed by atoms with Crippen LogP contribution in [-0.2, 0) is 10.2 Å². The van der Waals surface area contributed by atoms with E-state index in [0.717, 1.165) is 34.9 Å². The number of rotatable bonds is 3. The number of carbonyl (C=O) groups is 1. The Balaban J connectivity index is 1.60. The van der Waals surface area contributed by atoms with Crippen LogP contribution >= 0.6 is 0 Å². The van der Waals surface area contributed by atoms with Crippen molar-refractivity contribution in [2.24, 2.45) is 0 Å². The normalized spacial score (nSPS) is 15.3. The summed E-state index contributed by atoms with van der Waals surface area (Å²) in [7, 11) is 0. The molecule has 0 bridgehead atoms. The molecule has 1 saturated carbocycles. The summed E-state index contributed by atoms with van der Waals surface area (Å²) in [6.45, 7) is 0. The second-order valence-corrected chi connectivity index (χ2v) is 6.11. The van der Waals surface area contributed by atoms with Crippen molar-refractivity contribution in [1.82, 2.24) is 0 Å². The number of hydrogen-bond donors (Lipinski definition) is 1. The molecule has 0 atom stereocenters. The minimum Gasteiger partial charge on any atom is -0.325 e. The first-order valence-electron chi connectivity index (χ1n) is 7.74. The Hall–Kier alpha value is -2.68. The van der Waals surface area contributed by atoms with E-state index in [-0.39, 0.29) is 11.7 Å². The number of amides is 1. The van der Waals surface area contributed by atoms with Gasteiger partial charge in [0, 0.05) is 5.69 Å². The first-order valence-corrected chi connectivity index (χ1v) is 7.74. The number of nitrogens with one attached hydrogen (secondary N) is 1. The first kappa shape index (κ1) is 13.9. The van der Waals surface area contributed by atoms with Crippen LogP contribution in [0.25, 0.3) is 10.8 Å². The van der Waals surface area contributed by atoms with Gasteiger partial charge in [0.05, 0.1) is 5.41 Å². The lowest BCUT2D eigenvalue weighted by Gasteiger charge is -2.16. The zero-order chi connectivity index (χ0) is 15.9. The molecule has 1 aliphatic rings. The van der Waals surface area contributed by atoms with Crippen LogP contribution in [0, 0.1) is 5.82 Å². The average Bonchev–Trinajstić information content (AvgIpc) is 3.37. The van der Waals surface area contributed by atoms with Crippen molar-refractivity contribution in [1.29, 1.82) is 0 Å². The topological polar surface area (TPSA) is 29.1 Å². The molecule has 0 heterocycles. The van der Waals surface area contributed by atoms with Gasteiger partial charge in [-0.25, -0.2) is 4.39 Å². The molecule has 1 N–H and O–H groups in total. The summed E-state index contributed by atoms with van der Waals surface area (Å²) >= 11 is 0. The van der Waals surface area contributed by atoms with Crippen LogP contribution in [0.1, 0.15) is 18.4 Å². The first-order chi connectivity index (χ1) is 11.2. The molecule has 1 fully saturated rings. The molecule has 0 aromatic heterocycles. The smallest absolute Gasteiger partial charge is 0.235 e. The summed E-state index contributed by atoms with van der Waals surface area (Å²) in [5.74, 6) is -0.293. The van der Waals surface area contributed by atoms with Gasteiger partial charge in [-0.05, 0) is 53.4 Å². The summed E-state index contributed by atoms with van der Waals surface area (Å²) in [5, 5.41) is 5.26. The van der Waals surface area contributed by atoms with Crippen molar-refractivity contribution < 1.29 is 9.18 Å². The van der Waals surface area contributed by atoms with E-state index in [0.29, 0.717) is 0 Å². The summed E-state index contributed by atoms with van der Waals surface area (Å²) in [6, 6.07) is 20.2. The van der Waals surface area contributed by atoms with Gasteiger partial charge in [0.1, 0.15) is 5.82 Å². The van der Waals surface area contributed by atoms with Crippen LogP contribution in [0.15, 0.2) is 66.7 Å². The molecule has 0 radical (unpaired) electrons. The maximum Gasteiger partial charge on any atom is 0.235 e. The van der Waals surface area contributed by atoms with Crippen LogP contribution < -0.4 is 5.32 Å². The highest BCUT2D eigenvalue weighted by Crippen LogP contribution is 2.49. The van der Waals surface area contributed by atoms with Crippen molar-refractivity contribution >= 4 is 22.4 Å². The molecule has 1 aliphatic carbocycles. The maximum atomic E-state index is 13.1. The molecular weight excluding hydrogens is 289 g/mol. The largest absolute Gasteiger partial charge is 0.325 e. The molecule has 114 valence electrons. The van der Waals surface area contributed by atoms with Crippen LogP contribution in [0.4, 0.5) is 10.1 Å². The molecule has 3 heteroatoms. The van der Waals surface area contributed by atoms with Gasteiger partial charge >= 0.3 is 0 Å². The highest BCUT2D eigenvalue weighted by Gasteiger charge is 2.51. The molecule has 1 amide bonds. The minimum atomic E-state index is -0.501. The van der Waals surface area contributed by atoms with Crippen LogP contribution in [-0.4, -0.2) is 5.91 Å². The van der Waals surface area contributed by atoms with Gasteiger partial charge < -0.3 is 5.32 Å². The predicted molar refractivity (Wildman–Crippen MR) is 89.9 cm³/mol. The number of carbonyl (C=O) groups excluding carboxylic acids is 1. The Morgan fingerprint density at radius 3 is 2.30 bits per heavy atom. The van der Waals surface area contributed by atoms with Gasteiger partial charge in [-0.2, -0.15) is 0 Å². The van der Waals surface area contributed by atoms with Crippen LogP contribution in [0.5, 0.6) is 0 Å². The quantitative estimate of drug-likeness (QED) is 0.750. The number of anilines is 1.